The largest absolute Gasteiger partial charge is 0.418 e. The molecule has 34 heavy (non-hydrogen) atoms. The van der Waals surface area contributed by atoms with E-state index in [1.54, 1.807) is 0 Å². The van der Waals surface area contributed by atoms with Crippen LogP contribution in [0.2, 0.25) is 0 Å². The Morgan fingerprint density at radius 1 is 0.971 bits per heavy atom. The highest BCUT2D eigenvalue weighted by Crippen LogP contribution is 2.36. The third-order valence-corrected chi connectivity index (χ3v) is 5.26. The number of benzene rings is 1. The molecule has 0 spiro atoms. The van der Waals surface area contributed by atoms with Crippen molar-refractivity contribution in [1.29, 1.82) is 0 Å². The zero-order chi connectivity index (χ0) is 24.5. The van der Waals surface area contributed by atoms with Gasteiger partial charge >= 0.3 is 6.18 Å². The summed E-state index contributed by atoms with van der Waals surface area (Å²) in [5.74, 6) is 0.809. The van der Waals surface area contributed by atoms with E-state index in [0.717, 1.165) is 11.8 Å². The summed E-state index contributed by atoms with van der Waals surface area (Å²) in [6, 6.07) is 11.8. The fraction of sp³-hybridized carbons (Fsp3) is 0.280. The van der Waals surface area contributed by atoms with Gasteiger partial charge in [-0.2, -0.15) is 13.2 Å². The summed E-state index contributed by atoms with van der Waals surface area (Å²) >= 11 is 0. The summed E-state index contributed by atoms with van der Waals surface area (Å²) in [4.78, 5) is 17.3. The second kappa shape index (κ2) is 8.98. The molecule has 9 heteroatoms. The minimum atomic E-state index is -4.54. The standard InChI is InChI=1S/C25H24F3N5O/c1-24(2,3)16-7-9-17(10-8-16)31-23-22-19(32-20(33-23)14-34-4)12-15(13-30-22)21-18(25(26,27)28)6-5-11-29-21/h5-13H,14H2,1-4H3,(H,31,32,33). The average Bonchev–Trinajstić information content (AvgIpc) is 2.78. The van der Waals surface area contributed by atoms with Crippen LogP contribution >= 0.6 is 0 Å². The van der Waals surface area contributed by atoms with Crippen molar-refractivity contribution in [2.24, 2.45) is 0 Å². The number of fused-ring (bicyclic) bond motifs is 1. The lowest BCUT2D eigenvalue weighted by Crippen LogP contribution is -2.10. The SMILES string of the molecule is COCc1nc(Nc2ccc(C(C)(C)C)cc2)c2ncc(-c3ncccc3C(F)(F)F)cc2n1. The molecule has 0 aliphatic heterocycles. The molecule has 0 fully saturated rings. The summed E-state index contributed by atoms with van der Waals surface area (Å²) in [5.41, 5.74) is 1.98. The van der Waals surface area contributed by atoms with E-state index in [1.807, 2.05) is 24.3 Å². The Labute approximate surface area is 195 Å². The number of rotatable bonds is 5. The molecule has 4 aromatic rings. The lowest BCUT2D eigenvalue weighted by atomic mass is 9.87. The number of hydrogen-bond acceptors (Lipinski definition) is 6. The van der Waals surface area contributed by atoms with Crippen LogP contribution in [-0.2, 0) is 22.9 Å². The smallest absolute Gasteiger partial charge is 0.377 e. The van der Waals surface area contributed by atoms with Gasteiger partial charge in [0.05, 0.1) is 16.8 Å². The number of anilines is 2. The summed E-state index contributed by atoms with van der Waals surface area (Å²) in [5, 5.41) is 3.25. The van der Waals surface area contributed by atoms with Crippen molar-refractivity contribution >= 4 is 22.5 Å². The molecule has 3 aromatic heterocycles. The van der Waals surface area contributed by atoms with Crippen molar-refractivity contribution in [3.8, 4) is 11.3 Å². The summed E-state index contributed by atoms with van der Waals surface area (Å²) < 4.78 is 45.7. The quantitative estimate of drug-likeness (QED) is 0.372. The Bertz CT molecular complexity index is 1320. The van der Waals surface area contributed by atoms with E-state index in [-0.39, 0.29) is 23.3 Å². The van der Waals surface area contributed by atoms with Crippen LogP contribution in [0.1, 0.15) is 37.7 Å². The monoisotopic (exact) mass is 467 g/mol. The molecule has 0 bridgehead atoms. The van der Waals surface area contributed by atoms with Crippen molar-refractivity contribution in [2.75, 3.05) is 12.4 Å². The first-order valence-electron chi connectivity index (χ1n) is 10.6. The number of ether oxygens (including phenoxy) is 1. The van der Waals surface area contributed by atoms with Gasteiger partial charge in [-0.3, -0.25) is 4.98 Å². The number of nitrogens with one attached hydrogen (secondary N) is 1. The van der Waals surface area contributed by atoms with Gasteiger partial charge in [-0.15, -0.1) is 0 Å². The zero-order valence-corrected chi connectivity index (χ0v) is 19.2. The van der Waals surface area contributed by atoms with Crippen molar-refractivity contribution in [2.45, 2.75) is 39.0 Å². The highest BCUT2D eigenvalue weighted by Gasteiger charge is 2.34. The predicted octanol–water partition coefficient (Wildman–Crippen LogP) is 6.29. The van der Waals surface area contributed by atoms with Crippen molar-refractivity contribution in [3.63, 3.8) is 0 Å². The Morgan fingerprint density at radius 2 is 1.71 bits per heavy atom. The van der Waals surface area contributed by atoms with Crippen LogP contribution in [0.4, 0.5) is 24.7 Å². The number of pyridine rings is 2. The van der Waals surface area contributed by atoms with E-state index >= 15 is 0 Å². The number of hydrogen-bond donors (Lipinski definition) is 1. The van der Waals surface area contributed by atoms with Crippen LogP contribution in [0.5, 0.6) is 0 Å². The normalized spacial score (nSPS) is 12.2. The van der Waals surface area contributed by atoms with Crippen LogP contribution in [0.3, 0.4) is 0 Å². The molecule has 6 nitrogen and oxygen atoms in total. The topological polar surface area (TPSA) is 72.8 Å². The fourth-order valence-corrected chi connectivity index (χ4v) is 3.53. The predicted molar refractivity (Wildman–Crippen MR) is 125 cm³/mol. The number of alkyl halides is 3. The molecule has 0 saturated heterocycles. The maximum Gasteiger partial charge on any atom is 0.418 e. The summed E-state index contributed by atoms with van der Waals surface area (Å²) in [6.45, 7) is 6.54. The van der Waals surface area contributed by atoms with E-state index in [0.29, 0.717) is 22.7 Å². The molecular formula is C25H24F3N5O. The minimum absolute atomic E-state index is 0.0183. The Kier molecular flexibility index (Phi) is 6.22. The Morgan fingerprint density at radius 3 is 2.35 bits per heavy atom. The van der Waals surface area contributed by atoms with Gasteiger partial charge < -0.3 is 10.1 Å². The van der Waals surface area contributed by atoms with Crippen molar-refractivity contribution in [1.82, 2.24) is 19.9 Å². The van der Waals surface area contributed by atoms with Gasteiger partial charge in [0, 0.05) is 30.8 Å². The zero-order valence-electron chi connectivity index (χ0n) is 19.2. The highest BCUT2D eigenvalue weighted by molar-refractivity contribution is 5.89. The number of halogens is 3. The van der Waals surface area contributed by atoms with Gasteiger partial charge in [0.2, 0.25) is 0 Å². The molecule has 0 amide bonds. The van der Waals surface area contributed by atoms with Crippen LogP contribution in [-0.4, -0.2) is 27.0 Å². The lowest BCUT2D eigenvalue weighted by Gasteiger charge is -2.19. The van der Waals surface area contributed by atoms with Gasteiger partial charge in [0.25, 0.3) is 0 Å². The van der Waals surface area contributed by atoms with E-state index < -0.39 is 11.7 Å². The molecule has 176 valence electrons. The first kappa shape index (κ1) is 23.6. The van der Waals surface area contributed by atoms with Gasteiger partial charge in [-0.25, -0.2) is 15.0 Å². The molecule has 0 atom stereocenters. The second-order valence-electron chi connectivity index (χ2n) is 8.86. The van der Waals surface area contributed by atoms with E-state index in [1.165, 1.54) is 37.2 Å². The first-order valence-corrected chi connectivity index (χ1v) is 10.6. The molecule has 0 saturated carbocycles. The van der Waals surface area contributed by atoms with Crippen LogP contribution < -0.4 is 5.32 Å². The van der Waals surface area contributed by atoms with E-state index in [9.17, 15) is 13.2 Å². The molecule has 1 N–H and O–H groups in total. The maximum atomic E-state index is 13.5. The molecule has 0 radical (unpaired) electrons. The van der Waals surface area contributed by atoms with Gasteiger partial charge in [-0.1, -0.05) is 32.9 Å². The van der Waals surface area contributed by atoms with Crippen molar-refractivity contribution < 1.29 is 17.9 Å². The third kappa shape index (κ3) is 4.99. The molecular weight excluding hydrogens is 443 g/mol. The first-order chi connectivity index (χ1) is 16.1. The van der Waals surface area contributed by atoms with Gasteiger partial charge in [0.1, 0.15) is 12.1 Å². The molecule has 4 rings (SSSR count). The molecule has 0 aliphatic carbocycles. The molecule has 0 unspecified atom stereocenters. The summed E-state index contributed by atoms with van der Waals surface area (Å²) in [6.07, 6.45) is -1.87. The Hall–Kier alpha value is -3.59. The van der Waals surface area contributed by atoms with E-state index in [4.69, 9.17) is 4.74 Å². The van der Waals surface area contributed by atoms with Crippen LogP contribution in [0, 0.1) is 0 Å². The number of nitrogens with zero attached hydrogens (tertiary/aromatic N) is 4. The molecule has 1 aromatic carbocycles. The van der Waals surface area contributed by atoms with Crippen LogP contribution in [0.25, 0.3) is 22.3 Å². The van der Waals surface area contributed by atoms with Gasteiger partial charge in [0.15, 0.2) is 11.6 Å². The van der Waals surface area contributed by atoms with Crippen molar-refractivity contribution in [3.05, 3.63) is 71.8 Å². The summed E-state index contributed by atoms with van der Waals surface area (Å²) in [7, 11) is 1.52. The molecule has 0 aliphatic rings. The van der Waals surface area contributed by atoms with Gasteiger partial charge in [-0.05, 0) is 41.3 Å². The van der Waals surface area contributed by atoms with Crippen LogP contribution in [0.15, 0.2) is 54.9 Å². The minimum Gasteiger partial charge on any atom is -0.377 e. The lowest BCUT2D eigenvalue weighted by molar-refractivity contribution is -0.137. The molecule has 3 heterocycles. The number of methoxy groups -OCH3 is 1. The average molecular weight is 467 g/mol. The highest BCUT2D eigenvalue weighted by atomic mass is 19.4. The second-order valence-corrected chi connectivity index (χ2v) is 8.86. The fourth-order valence-electron chi connectivity index (χ4n) is 3.53. The van der Waals surface area contributed by atoms with E-state index in [2.05, 4.69) is 46.0 Å². The Balaban J connectivity index is 1.79. The number of aromatic nitrogens is 4. The third-order valence-electron chi connectivity index (χ3n) is 5.26. The maximum absolute atomic E-state index is 13.5.